The second kappa shape index (κ2) is 15.4. The number of hydrogen-bond donors (Lipinski definition) is 0. The Hall–Kier alpha value is 0.0495. The fourth-order valence-corrected chi connectivity index (χ4v) is 2.09. The molecule has 114 valence electrons. The Labute approximate surface area is 148 Å². The molecule has 2 aromatic rings. The van der Waals surface area contributed by atoms with E-state index in [9.17, 15) is 0 Å². The van der Waals surface area contributed by atoms with Crippen molar-refractivity contribution in [1.82, 2.24) is 4.90 Å². The van der Waals surface area contributed by atoms with Crippen molar-refractivity contribution in [3.8, 4) is 0 Å². The van der Waals surface area contributed by atoms with Crippen molar-refractivity contribution < 1.29 is 17.1 Å². The van der Waals surface area contributed by atoms with E-state index in [0.717, 1.165) is 19.6 Å². The van der Waals surface area contributed by atoms with Crippen LogP contribution < -0.4 is 0 Å². The van der Waals surface area contributed by atoms with Gasteiger partial charge in [0.2, 0.25) is 0 Å². The molecule has 5 heteroatoms. The number of halogens is 3. The van der Waals surface area contributed by atoms with Crippen LogP contribution in [-0.4, -0.2) is 29.7 Å². The maximum Gasteiger partial charge on any atom is 2.00 e. The maximum absolute atomic E-state index is 5.69. The fourth-order valence-electron chi connectivity index (χ4n) is 1.61. The maximum atomic E-state index is 5.69. The molecule has 0 unspecified atom stereocenters. The summed E-state index contributed by atoms with van der Waals surface area (Å²) in [6.45, 7) is 2.76. The van der Waals surface area contributed by atoms with Crippen molar-refractivity contribution in [2.75, 3.05) is 24.8 Å². The zero-order chi connectivity index (χ0) is 13.1. The SMILES string of the molecule is Cl.ClCCN(CCCl)C[c-]1cccc1.[Fe+2].c1cc[cH-]c1. The van der Waals surface area contributed by atoms with Gasteiger partial charge in [-0.1, -0.05) is 0 Å². The zero-order valence-corrected chi connectivity index (χ0v) is 14.6. The van der Waals surface area contributed by atoms with Gasteiger partial charge in [-0.2, -0.15) is 30.3 Å². The molecule has 0 aliphatic carbocycles. The van der Waals surface area contributed by atoms with Crippen LogP contribution in [0.15, 0.2) is 54.6 Å². The molecule has 0 atom stereocenters. The van der Waals surface area contributed by atoms with E-state index in [1.165, 1.54) is 5.56 Å². The van der Waals surface area contributed by atoms with Gasteiger partial charge in [0.1, 0.15) is 0 Å². The largest absolute Gasteiger partial charge is 2.00 e. The van der Waals surface area contributed by atoms with Gasteiger partial charge >= 0.3 is 17.1 Å². The van der Waals surface area contributed by atoms with Gasteiger partial charge in [0.05, 0.1) is 0 Å². The molecule has 0 amide bonds. The topological polar surface area (TPSA) is 3.24 Å². The Morgan fingerprint density at radius 3 is 1.75 bits per heavy atom. The summed E-state index contributed by atoms with van der Waals surface area (Å²) in [6.07, 6.45) is 0. The van der Waals surface area contributed by atoms with E-state index in [1.807, 2.05) is 30.3 Å². The Kier molecular flexibility index (Phi) is 17.2. The van der Waals surface area contributed by atoms with Gasteiger partial charge in [-0.15, -0.1) is 41.2 Å². The quantitative estimate of drug-likeness (QED) is 0.407. The molecule has 2 aromatic carbocycles. The molecule has 20 heavy (non-hydrogen) atoms. The Morgan fingerprint density at radius 1 is 0.900 bits per heavy atom. The molecule has 0 saturated heterocycles. The van der Waals surface area contributed by atoms with E-state index < -0.39 is 0 Å². The third kappa shape index (κ3) is 10.8. The normalized spacial score (nSPS) is 9.15. The van der Waals surface area contributed by atoms with Crippen LogP contribution in [0.2, 0.25) is 0 Å². The van der Waals surface area contributed by atoms with Crippen LogP contribution in [0.5, 0.6) is 0 Å². The summed E-state index contributed by atoms with van der Waals surface area (Å²) in [6, 6.07) is 18.3. The van der Waals surface area contributed by atoms with Crippen LogP contribution in [0.4, 0.5) is 0 Å². The van der Waals surface area contributed by atoms with Gasteiger partial charge in [-0.3, -0.25) is 0 Å². The van der Waals surface area contributed by atoms with Crippen molar-refractivity contribution in [2.45, 2.75) is 6.54 Å². The zero-order valence-electron chi connectivity index (χ0n) is 11.2. The van der Waals surface area contributed by atoms with E-state index in [1.54, 1.807) is 0 Å². The molecule has 1 nitrogen and oxygen atoms in total. The Morgan fingerprint density at radius 2 is 1.40 bits per heavy atom. The molecule has 0 saturated carbocycles. The molecule has 0 bridgehead atoms. The van der Waals surface area contributed by atoms with Gasteiger partial charge in [0.25, 0.3) is 0 Å². The molecular weight excluding hydrogens is 356 g/mol. The van der Waals surface area contributed by atoms with Gasteiger partial charge in [-0.05, 0) is 6.54 Å². The van der Waals surface area contributed by atoms with Gasteiger partial charge in [-0.25, -0.2) is 24.3 Å². The molecule has 0 heterocycles. The molecule has 0 aliphatic rings. The van der Waals surface area contributed by atoms with Gasteiger partial charge in [0, 0.05) is 24.8 Å². The first kappa shape index (κ1) is 22.3. The molecule has 0 aromatic heterocycles. The summed E-state index contributed by atoms with van der Waals surface area (Å²) in [7, 11) is 0. The van der Waals surface area contributed by atoms with Crippen LogP contribution in [-0.2, 0) is 23.6 Å². The summed E-state index contributed by atoms with van der Waals surface area (Å²) < 4.78 is 0. The van der Waals surface area contributed by atoms with Crippen LogP contribution in [0.1, 0.15) is 5.56 Å². The van der Waals surface area contributed by atoms with E-state index in [-0.39, 0.29) is 29.5 Å². The van der Waals surface area contributed by atoms with Gasteiger partial charge < -0.3 is 4.90 Å². The summed E-state index contributed by atoms with van der Waals surface area (Å²) in [5.74, 6) is 1.33. The predicted octanol–water partition coefficient (Wildman–Crippen LogP) is 4.51. The van der Waals surface area contributed by atoms with Crippen molar-refractivity contribution in [1.29, 1.82) is 0 Å². The minimum Gasteiger partial charge on any atom is -0.308 e. The number of hydrogen-bond acceptors (Lipinski definition) is 1. The second-order valence-corrected chi connectivity index (χ2v) is 4.67. The first-order valence-electron chi connectivity index (χ1n) is 6.08. The molecule has 0 fully saturated rings. The monoisotopic (exact) mass is 375 g/mol. The number of nitrogens with zero attached hydrogens (tertiary/aromatic N) is 1. The second-order valence-electron chi connectivity index (χ2n) is 3.91. The standard InChI is InChI=1S/C10H14Cl2N.C5H5.ClH.Fe/c11-5-7-13(8-6-12)9-10-3-1-2-4-10;1-2-4-5-3-1;;/h1-4H,5-9H2;1-5H;1H;/q2*-1;;+2. The van der Waals surface area contributed by atoms with Crippen LogP contribution in [0, 0.1) is 0 Å². The third-order valence-electron chi connectivity index (χ3n) is 2.49. The predicted molar refractivity (Wildman–Crippen MR) is 88.0 cm³/mol. The van der Waals surface area contributed by atoms with Crippen LogP contribution >= 0.6 is 35.6 Å². The van der Waals surface area contributed by atoms with Crippen molar-refractivity contribution >= 4 is 35.6 Å². The number of rotatable bonds is 6. The molecular formula is C15H20Cl3FeN. The van der Waals surface area contributed by atoms with E-state index in [2.05, 4.69) is 29.2 Å². The summed E-state index contributed by atoms with van der Waals surface area (Å²) in [5, 5.41) is 0. The van der Waals surface area contributed by atoms with Crippen molar-refractivity contribution in [3.05, 3.63) is 60.2 Å². The molecule has 0 spiro atoms. The molecule has 0 radical (unpaired) electrons. The van der Waals surface area contributed by atoms with Crippen molar-refractivity contribution in [3.63, 3.8) is 0 Å². The summed E-state index contributed by atoms with van der Waals surface area (Å²) >= 11 is 11.4. The van der Waals surface area contributed by atoms with Crippen molar-refractivity contribution in [2.24, 2.45) is 0 Å². The summed E-state index contributed by atoms with van der Waals surface area (Å²) in [5.41, 5.74) is 1.33. The van der Waals surface area contributed by atoms with Gasteiger partial charge in [0.15, 0.2) is 0 Å². The van der Waals surface area contributed by atoms with Crippen LogP contribution in [0.3, 0.4) is 0 Å². The minimum atomic E-state index is 0. The average molecular weight is 377 g/mol. The first-order chi connectivity index (χ1) is 8.86. The average Bonchev–Trinajstić information content (AvgIpc) is 3.05. The molecule has 2 rings (SSSR count). The van der Waals surface area contributed by atoms with Crippen LogP contribution in [0.25, 0.3) is 0 Å². The molecule has 0 N–H and O–H groups in total. The Bertz CT molecular complexity index is 339. The smallest absolute Gasteiger partial charge is 0.308 e. The number of alkyl halides is 2. The minimum absolute atomic E-state index is 0. The summed E-state index contributed by atoms with van der Waals surface area (Å²) in [4.78, 5) is 2.26. The third-order valence-corrected chi connectivity index (χ3v) is 2.83. The Balaban J connectivity index is 0. The molecule has 0 aliphatic heterocycles. The van der Waals surface area contributed by atoms with E-state index >= 15 is 0 Å². The first-order valence-corrected chi connectivity index (χ1v) is 7.15. The fraction of sp³-hybridized carbons (Fsp3) is 0.333. The van der Waals surface area contributed by atoms with E-state index in [0.29, 0.717) is 11.8 Å². The van der Waals surface area contributed by atoms with E-state index in [4.69, 9.17) is 23.2 Å².